The van der Waals surface area contributed by atoms with Gasteiger partial charge in [-0.1, -0.05) is 13.3 Å². The van der Waals surface area contributed by atoms with Crippen molar-refractivity contribution in [1.29, 1.82) is 0 Å². The van der Waals surface area contributed by atoms with Crippen LogP contribution in [0.15, 0.2) is 17.3 Å². The fraction of sp³-hybridized carbons (Fsp3) is 0.714. The van der Waals surface area contributed by atoms with Crippen LogP contribution in [0.25, 0.3) is 0 Å². The second kappa shape index (κ2) is 12.9. The third kappa shape index (κ3) is 8.92. The first-order valence-corrected chi connectivity index (χ1v) is 7.34. The lowest BCUT2D eigenvalue weighted by molar-refractivity contribution is 0.136. The first kappa shape index (κ1) is 20.2. The summed E-state index contributed by atoms with van der Waals surface area (Å²) in [5.41, 5.74) is 1.08. The summed E-state index contributed by atoms with van der Waals surface area (Å²) < 4.78 is 7.35. The van der Waals surface area contributed by atoms with Gasteiger partial charge in [-0.05, 0) is 19.4 Å². The predicted octanol–water partition coefficient (Wildman–Crippen LogP) is 1.91. The summed E-state index contributed by atoms with van der Waals surface area (Å²) in [5, 5.41) is 10.6. The van der Waals surface area contributed by atoms with Crippen molar-refractivity contribution in [2.24, 2.45) is 12.0 Å². The minimum absolute atomic E-state index is 0. The number of ether oxygens (including phenoxy) is 1. The lowest BCUT2D eigenvalue weighted by atomic mass is 10.4. The van der Waals surface area contributed by atoms with Gasteiger partial charge in [-0.3, -0.25) is 4.68 Å². The van der Waals surface area contributed by atoms with Gasteiger partial charge in [0.05, 0.1) is 18.8 Å². The van der Waals surface area contributed by atoms with Crippen LogP contribution in [0.4, 0.5) is 0 Å². The van der Waals surface area contributed by atoms with E-state index in [0.29, 0.717) is 13.2 Å². The molecule has 1 heterocycles. The van der Waals surface area contributed by atoms with E-state index in [-0.39, 0.29) is 24.0 Å². The zero-order valence-electron chi connectivity index (χ0n) is 13.3. The van der Waals surface area contributed by atoms with Crippen molar-refractivity contribution in [2.75, 3.05) is 26.3 Å². The van der Waals surface area contributed by atoms with Crippen LogP contribution in [0.1, 0.15) is 32.4 Å². The molecule has 0 unspecified atom stereocenters. The molecule has 0 aliphatic carbocycles. The molecular weight excluding hydrogens is 381 g/mol. The minimum atomic E-state index is 0. The fourth-order valence-electron chi connectivity index (χ4n) is 1.65. The average molecular weight is 409 g/mol. The number of hydrogen-bond donors (Lipinski definition) is 2. The standard InChI is InChI=1S/C14H27N5O.HI/c1-4-6-10-20-11-9-16-14(15-5-2)17-12-13-7-8-18-19(13)3;/h7-8H,4-6,9-12H2,1-3H3,(H2,15,16,17);1H. The highest BCUT2D eigenvalue weighted by molar-refractivity contribution is 14.0. The molecule has 0 aromatic carbocycles. The maximum absolute atomic E-state index is 5.51. The van der Waals surface area contributed by atoms with Gasteiger partial charge in [-0.2, -0.15) is 5.10 Å². The zero-order valence-corrected chi connectivity index (χ0v) is 15.6. The van der Waals surface area contributed by atoms with Crippen LogP contribution in [-0.4, -0.2) is 42.0 Å². The molecular formula is C14H28IN5O. The van der Waals surface area contributed by atoms with Gasteiger partial charge in [0.25, 0.3) is 0 Å². The minimum Gasteiger partial charge on any atom is -0.380 e. The van der Waals surface area contributed by atoms with Gasteiger partial charge in [0.1, 0.15) is 0 Å². The second-order valence-electron chi connectivity index (χ2n) is 4.53. The highest BCUT2D eigenvalue weighted by atomic mass is 127. The topological polar surface area (TPSA) is 63.5 Å². The van der Waals surface area contributed by atoms with E-state index in [1.165, 1.54) is 6.42 Å². The van der Waals surface area contributed by atoms with Crippen LogP contribution < -0.4 is 10.6 Å². The monoisotopic (exact) mass is 409 g/mol. The Morgan fingerprint density at radius 1 is 1.33 bits per heavy atom. The van der Waals surface area contributed by atoms with Crippen LogP contribution in [0.3, 0.4) is 0 Å². The van der Waals surface area contributed by atoms with Crippen molar-refractivity contribution in [3.63, 3.8) is 0 Å². The Morgan fingerprint density at radius 3 is 2.76 bits per heavy atom. The van der Waals surface area contributed by atoms with E-state index in [2.05, 4.69) is 34.6 Å². The first-order chi connectivity index (χ1) is 9.77. The molecule has 0 aliphatic rings. The Labute approximate surface area is 144 Å². The molecule has 6 nitrogen and oxygen atoms in total. The molecule has 0 saturated heterocycles. The van der Waals surface area contributed by atoms with Crippen LogP contribution >= 0.6 is 24.0 Å². The van der Waals surface area contributed by atoms with Crippen LogP contribution in [0, 0.1) is 0 Å². The Balaban J connectivity index is 0.00000400. The SMILES string of the molecule is CCCCOCCNC(=NCc1ccnn1C)NCC.I. The Bertz CT molecular complexity index is 394. The van der Waals surface area contributed by atoms with E-state index in [1.807, 2.05) is 17.8 Å². The summed E-state index contributed by atoms with van der Waals surface area (Å²) in [7, 11) is 1.92. The highest BCUT2D eigenvalue weighted by Crippen LogP contribution is 1.97. The smallest absolute Gasteiger partial charge is 0.191 e. The van der Waals surface area contributed by atoms with Gasteiger partial charge in [0.2, 0.25) is 0 Å². The van der Waals surface area contributed by atoms with E-state index in [1.54, 1.807) is 6.20 Å². The lowest BCUT2D eigenvalue weighted by Crippen LogP contribution is -2.39. The van der Waals surface area contributed by atoms with Crippen molar-refractivity contribution in [3.05, 3.63) is 18.0 Å². The number of aromatic nitrogens is 2. The summed E-state index contributed by atoms with van der Waals surface area (Å²) >= 11 is 0. The number of unbranched alkanes of at least 4 members (excludes halogenated alkanes) is 1. The van der Waals surface area contributed by atoms with Crippen LogP contribution in [0.2, 0.25) is 0 Å². The fourth-order valence-corrected chi connectivity index (χ4v) is 1.65. The number of hydrogen-bond acceptors (Lipinski definition) is 3. The Hall–Kier alpha value is -0.830. The third-order valence-electron chi connectivity index (χ3n) is 2.85. The maximum Gasteiger partial charge on any atom is 0.191 e. The molecule has 1 aromatic heterocycles. The molecule has 0 spiro atoms. The number of nitrogens with zero attached hydrogens (tertiary/aromatic N) is 3. The molecule has 7 heteroatoms. The first-order valence-electron chi connectivity index (χ1n) is 7.34. The number of rotatable bonds is 9. The number of aliphatic imine (C=N–C) groups is 1. The summed E-state index contributed by atoms with van der Waals surface area (Å²) in [6.45, 7) is 7.98. The van der Waals surface area contributed by atoms with Gasteiger partial charge in [0.15, 0.2) is 5.96 Å². The third-order valence-corrected chi connectivity index (χ3v) is 2.85. The van der Waals surface area contributed by atoms with Gasteiger partial charge in [0, 0.05) is 32.9 Å². The van der Waals surface area contributed by atoms with E-state index >= 15 is 0 Å². The summed E-state index contributed by atoms with van der Waals surface area (Å²) in [5.74, 6) is 0.813. The number of halogens is 1. The molecule has 2 N–H and O–H groups in total. The quantitative estimate of drug-likeness (QED) is 0.283. The molecule has 0 amide bonds. The average Bonchev–Trinajstić information content (AvgIpc) is 2.85. The van der Waals surface area contributed by atoms with E-state index in [4.69, 9.17) is 4.74 Å². The lowest BCUT2D eigenvalue weighted by Gasteiger charge is -2.11. The summed E-state index contributed by atoms with van der Waals surface area (Å²) in [6.07, 6.45) is 4.07. The second-order valence-corrected chi connectivity index (χ2v) is 4.53. The number of nitrogens with one attached hydrogen (secondary N) is 2. The van der Waals surface area contributed by atoms with E-state index in [0.717, 1.165) is 37.8 Å². The van der Waals surface area contributed by atoms with E-state index < -0.39 is 0 Å². The molecule has 0 fully saturated rings. The molecule has 21 heavy (non-hydrogen) atoms. The molecule has 1 aromatic rings. The molecule has 0 saturated carbocycles. The van der Waals surface area contributed by atoms with Gasteiger partial charge in [-0.15, -0.1) is 24.0 Å². The van der Waals surface area contributed by atoms with Crippen LogP contribution in [-0.2, 0) is 18.3 Å². The van der Waals surface area contributed by atoms with Crippen molar-refractivity contribution < 1.29 is 4.74 Å². The largest absolute Gasteiger partial charge is 0.380 e. The zero-order chi connectivity index (χ0) is 14.6. The van der Waals surface area contributed by atoms with Crippen molar-refractivity contribution >= 4 is 29.9 Å². The highest BCUT2D eigenvalue weighted by Gasteiger charge is 1.99. The summed E-state index contributed by atoms with van der Waals surface area (Å²) in [4.78, 5) is 4.53. The molecule has 0 bridgehead atoms. The maximum atomic E-state index is 5.51. The predicted molar refractivity (Wildman–Crippen MR) is 97.2 cm³/mol. The molecule has 1 rings (SSSR count). The normalized spacial score (nSPS) is 11.1. The molecule has 0 aliphatic heterocycles. The number of guanidine groups is 1. The Morgan fingerprint density at radius 2 is 2.14 bits per heavy atom. The van der Waals surface area contributed by atoms with Gasteiger partial charge < -0.3 is 15.4 Å². The molecule has 122 valence electrons. The van der Waals surface area contributed by atoms with Crippen LogP contribution in [0.5, 0.6) is 0 Å². The van der Waals surface area contributed by atoms with E-state index in [9.17, 15) is 0 Å². The Kier molecular flexibility index (Phi) is 12.4. The number of aryl methyl sites for hydroxylation is 1. The summed E-state index contributed by atoms with van der Waals surface area (Å²) in [6, 6.07) is 1.97. The van der Waals surface area contributed by atoms with Crippen molar-refractivity contribution in [1.82, 2.24) is 20.4 Å². The van der Waals surface area contributed by atoms with Crippen molar-refractivity contribution in [3.8, 4) is 0 Å². The van der Waals surface area contributed by atoms with Gasteiger partial charge in [-0.25, -0.2) is 4.99 Å². The van der Waals surface area contributed by atoms with Gasteiger partial charge >= 0.3 is 0 Å². The molecule has 0 atom stereocenters. The molecule has 0 radical (unpaired) electrons. The van der Waals surface area contributed by atoms with Crippen molar-refractivity contribution in [2.45, 2.75) is 33.2 Å².